The quantitative estimate of drug-likeness (QED) is 0.429. The summed E-state index contributed by atoms with van der Waals surface area (Å²) in [6.45, 7) is 1.69. The fraction of sp³-hybridized carbons (Fsp3) is 0.0870. The Hall–Kier alpha value is -3.94. The van der Waals surface area contributed by atoms with Crippen molar-refractivity contribution in [2.45, 2.75) is 13.1 Å². The van der Waals surface area contributed by atoms with Crippen molar-refractivity contribution >= 4 is 5.97 Å². The Morgan fingerprint density at radius 1 is 0.935 bits per heavy atom. The van der Waals surface area contributed by atoms with E-state index < -0.39 is 17.8 Å². The number of hydrogen-bond acceptors (Lipinski definition) is 4. The first-order valence-corrected chi connectivity index (χ1v) is 9.16. The topological polar surface area (TPSA) is 76.2 Å². The molecule has 4 rings (SSSR count). The molecular weight excluding hydrogens is 409 g/mol. The minimum Gasteiger partial charge on any atom is -0.478 e. The van der Waals surface area contributed by atoms with E-state index in [4.69, 9.17) is 4.42 Å². The number of carbonyl (C=O) groups is 1. The molecule has 5 nitrogen and oxygen atoms in total. The van der Waals surface area contributed by atoms with Crippen molar-refractivity contribution in [3.63, 3.8) is 0 Å². The summed E-state index contributed by atoms with van der Waals surface area (Å²) >= 11 is 0. The zero-order valence-corrected chi connectivity index (χ0v) is 16.1. The number of rotatable bonds is 4. The van der Waals surface area contributed by atoms with Crippen molar-refractivity contribution in [3.8, 4) is 33.8 Å². The second-order valence-corrected chi connectivity index (χ2v) is 6.89. The summed E-state index contributed by atoms with van der Waals surface area (Å²) < 4.78 is 45.3. The first kappa shape index (κ1) is 20.3. The Balaban J connectivity index is 1.84. The zero-order valence-electron chi connectivity index (χ0n) is 16.1. The summed E-state index contributed by atoms with van der Waals surface area (Å²) in [4.78, 5) is 19.4. The van der Waals surface area contributed by atoms with Crippen molar-refractivity contribution in [1.29, 1.82) is 0 Å². The van der Waals surface area contributed by atoms with Crippen LogP contribution in [0.3, 0.4) is 0 Å². The Kier molecular flexibility index (Phi) is 5.06. The number of alkyl halides is 3. The number of carboxylic acids is 1. The SMILES string of the molecule is Cc1ccc(-c2cccc(-c3nc(-c4ccoc4)cc(C(F)(F)F)n3)c2)cc1C(=O)O. The van der Waals surface area contributed by atoms with Crippen LogP contribution >= 0.6 is 0 Å². The van der Waals surface area contributed by atoms with E-state index in [0.29, 0.717) is 27.8 Å². The molecule has 0 spiro atoms. The second kappa shape index (κ2) is 7.71. The van der Waals surface area contributed by atoms with Crippen LogP contribution in [-0.2, 0) is 6.18 Å². The van der Waals surface area contributed by atoms with Gasteiger partial charge in [0.15, 0.2) is 5.82 Å². The van der Waals surface area contributed by atoms with Gasteiger partial charge in [-0.3, -0.25) is 0 Å². The number of aromatic carboxylic acids is 1. The van der Waals surface area contributed by atoms with Crippen LogP contribution < -0.4 is 0 Å². The predicted molar refractivity (Wildman–Crippen MR) is 107 cm³/mol. The molecule has 1 N–H and O–H groups in total. The molecule has 0 bridgehead atoms. The van der Waals surface area contributed by atoms with Crippen LogP contribution in [0, 0.1) is 6.92 Å². The van der Waals surface area contributed by atoms with Gasteiger partial charge in [0.25, 0.3) is 0 Å². The first-order valence-electron chi connectivity index (χ1n) is 9.16. The molecule has 0 saturated carbocycles. The average Bonchev–Trinajstić information content (AvgIpc) is 3.28. The van der Waals surface area contributed by atoms with E-state index in [1.165, 1.54) is 24.7 Å². The van der Waals surface area contributed by atoms with Crippen molar-refractivity contribution in [2.75, 3.05) is 0 Å². The molecule has 0 fully saturated rings. The molecule has 2 aromatic heterocycles. The lowest BCUT2D eigenvalue weighted by molar-refractivity contribution is -0.141. The molecule has 4 aromatic rings. The molecule has 0 atom stereocenters. The van der Waals surface area contributed by atoms with Crippen LogP contribution in [0.1, 0.15) is 21.6 Å². The van der Waals surface area contributed by atoms with E-state index in [9.17, 15) is 23.1 Å². The summed E-state index contributed by atoms with van der Waals surface area (Å²) in [5.74, 6) is -1.15. The van der Waals surface area contributed by atoms with E-state index in [1.54, 1.807) is 43.3 Å². The highest BCUT2D eigenvalue weighted by Gasteiger charge is 2.34. The molecule has 0 unspecified atom stereocenters. The molecule has 2 aromatic carbocycles. The smallest absolute Gasteiger partial charge is 0.433 e. The lowest BCUT2D eigenvalue weighted by Gasteiger charge is -2.11. The van der Waals surface area contributed by atoms with E-state index in [-0.39, 0.29) is 17.1 Å². The zero-order chi connectivity index (χ0) is 22.2. The first-order chi connectivity index (χ1) is 14.7. The Labute approximate surface area is 174 Å². The van der Waals surface area contributed by atoms with Crippen LogP contribution in [0.2, 0.25) is 0 Å². The largest absolute Gasteiger partial charge is 0.478 e. The number of hydrogen-bond donors (Lipinski definition) is 1. The van der Waals surface area contributed by atoms with Crippen molar-refractivity contribution in [1.82, 2.24) is 9.97 Å². The van der Waals surface area contributed by atoms with E-state index in [2.05, 4.69) is 9.97 Å². The van der Waals surface area contributed by atoms with E-state index >= 15 is 0 Å². The molecule has 2 heterocycles. The van der Waals surface area contributed by atoms with Gasteiger partial charge in [0.1, 0.15) is 5.69 Å². The highest BCUT2D eigenvalue weighted by atomic mass is 19.4. The Morgan fingerprint density at radius 3 is 2.35 bits per heavy atom. The third-order valence-corrected chi connectivity index (χ3v) is 4.76. The van der Waals surface area contributed by atoms with E-state index in [1.807, 2.05) is 0 Å². The summed E-state index contributed by atoms with van der Waals surface area (Å²) in [5, 5.41) is 9.36. The molecule has 0 saturated heterocycles. The number of nitrogens with zero attached hydrogens (tertiary/aromatic N) is 2. The Morgan fingerprint density at radius 2 is 1.68 bits per heavy atom. The molecular formula is C23H15F3N2O3. The molecule has 0 aliphatic carbocycles. The number of benzene rings is 2. The second-order valence-electron chi connectivity index (χ2n) is 6.89. The average molecular weight is 424 g/mol. The maximum Gasteiger partial charge on any atom is 0.433 e. The maximum absolute atomic E-state index is 13.4. The molecule has 31 heavy (non-hydrogen) atoms. The van der Waals surface area contributed by atoms with Gasteiger partial charge in [0.2, 0.25) is 0 Å². The van der Waals surface area contributed by atoms with Crippen LogP contribution in [0.4, 0.5) is 13.2 Å². The van der Waals surface area contributed by atoms with Crippen molar-refractivity contribution in [3.05, 3.63) is 83.9 Å². The third-order valence-electron chi connectivity index (χ3n) is 4.76. The van der Waals surface area contributed by atoms with Gasteiger partial charge in [0.05, 0.1) is 23.8 Å². The Bertz CT molecular complexity index is 1270. The molecule has 0 aliphatic heterocycles. The van der Waals surface area contributed by atoms with Gasteiger partial charge >= 0.3 is 12.1 Å². The van der Waals surface area contributed by atoms with Gasteiger partial charge in [-0.1, -0.05) is 30.3 Å². The van der Waals surface area contributed by atoms with Crippen LogP contribution in [0.25, 0.3) is 33.8 Å². The van der Waals surface area contributed by atoms with Gasteiger partial charge in [0, 0.05) is 11.1 Å². The minimum absolute atomic E-state index is 0.0833. The summed E-state index contributed by atoms with van der Waals surface area (Å²) in [7, 11) is 0. The normalized spacial score (nSPS) is 11.5. The van der Waals surface area contributed by atoms with E-state index in [0.717, 1.165) is 6.07 Å². The number of furan rings is 1. The number of aromatic nitrogens is 2. The van der Waals surface area contributed by atoms with Gasteiger partial charge < -0.3 is 9.52 Å². The van der Waals surface area contributed by atoms with Crippen LogP contribution in [-0.4, -0.2) is 21.0 Å². The summed E-state index contributed by atoms with van der Waals surface area (Å²) in [6.07, 6.45) is -1.99. The summed E-state index contributed by atoms with van der Waals surface area (Å²) in [5.41, 5.74) is 1.79. The van der Waals surface area contributed by atoms with Crippen LogP contribution in [0.15, 0.2) is 71.5 Å². The maximum atomic E-state index is 13.4. The van der Waals surface area contributed by atoms with Crippen LogP contribution in [0.5, 0.6) is 0 Å². The molecule has 8 heteroatoms. The molecule has 0 aliphatic rings. The fourth-order valence-electron chi connectivity index (χ4n) is 3.15. The predicted octanol–water partition coefficient (Wildman–Crippen LogP) is 6.10. The summed E-state index contributed by atoms with van der Waals surface area (Å²) in [6, 6.07) is 14.0. The van der Waals surface area contributed by atoms with Crippen molar-refractivity contribution in [2.24, 2.45) is 0 Å². The lowest BCUT2D eigenvalue weighted by atomic mass is 9.98. The minimum atomic E-state index is -4.65. The molecule has 156 valence electrons. The van der Waals surface area contributed by atoms with Crippen molar-refractivity contribution < 1.29 is 27.5 Å². The van der Waals surface area contributed by atoms with Gasteiger partial charge in [-0.05, 0) is 47.9 Å². The standard InChI is InChI=1S/C23H15F3N2O3/c1-13-5-6-15(10-18(13)22(29)30)14-3-2-4-16(9-14)21-27-19(17-7-8-31-12-17)11-20(28-21)23(24,25)26/h2-12H,1H3,(H,29,30). The monoisotopic (exact) mass is 424 g/mol. The number of halogens is 3. The van der Waals surface area contributed by atoms with Gasteiger partial charge in [-0.15, -0.1) is 0 Å². The lowest BCUT2D eigenvalue weighted by Crippen LogP contribution is -2.10. The fourth-order valence-corrected chi connectivity index (χ4v) is 3.15. The van der Waals surface area contributed by atoms with Gasteiger partial charge in [-0.25, -0.2) is 14.8 Å². The molecule has 0 radical (unpaired) electrons. The number of carboxylic acid groups (broad SMARTS) is 1. The highest BCUT2D eigenvalue weighted by Crippen LogP contribution is 2.33. The third kappa shape index (κ3) is 4.18. The molecule has 0 amide bonds. The number of aryl methyl sites for hydroxylation is 1. The van der Waals surface area contributed by atoms with Gasteiger partial charge in [-0.2, -0.15) is 13.2 Å². The highest BCUT2D eigenvalue weighted by molar-refractivity contribution is 5.91.